The highest BCUT2D eigenvalue weighted by molar-refractivity contribution is 6.79. The molecule has 0 unspecified atom stereocenters. The van der Waals surface area contributed by atoms with Gasteiger partial charge in [-0.2, -0.15) is 0 Å². The normalized spacial score (nSPS) is 12.0. The molecule has 0 aromatic carbocycles. The van der Waals surface area contributed by atoms with Crippen LogP contribution < -0.4 is 0 Å². The van der Waals surface area contributed by atoms with Gasteiger partial charge in [0.2, 0.25) is 0 Å². The Morgan fingerprint density at radius 1 is 0.733 bits per heavy atom. The number of hydrogen-bond acceptors (Lipinski definition) is 0. The van der Waals surface area contributed by atoms with Crippen molar-refractivity contribution in [2.24, 2.45) is 0 Å². The van der Waals surface area contributed by atoms with E-state index < -0.39 is 8.07 Å². The summed E-state index contributed by atoms with van der Waals surface area (Å²) in [5.41, 5.74) is 0. The predicted molar refractivity (Wildman–Crippen MR) is 70.5 cm³/mol. The topological polar surface area (TPSA) is 19.9 Å². The van der Waals surface area contributed by atoms with Gasteiger partial charge in [-0.05, 0) is 0 Å². The highest BCUT2D eigenvalue weighted by atomic mass is 28.3. The molecular weight excluding hydrogens is 200 g/mol. The van der Waals surface area contributed by atoms with Crippen LogP contribution in [-0.4, -0.2) is 14.3 Å². The molecule has 0 rings (SSSR count). The third kappa shape index (κ3) is 6.36. The molecule has 0 spiro atoms. The van der Waals surface area contributed by atoms with Crippen molar-refractivity contribution >= 4 is 8.07 Å². The molecule has 1 radical (unpaired) electrons. The summed E-state index contributed by atoms with van der Waals surface area (Å²) in [5.74, 6) is 0. The molecule has 15 heavy (non-hydrogen) atoms. The summed E-state index contributed by atoms with van der Waals surface area (Å²) in [6.45, 7) is 6.72. The molecule has 0 saturated heterocycles. The second kappa shape index (κ2) is 9.41. The van der Waals surface area contributed by atoms with Crippen molar-refractivity contribution in [1.82, 2.24) is 0 Å². The minimum absolute atomic E-state index is 0.285. The number of unbranched alkanes of at least 4 members (excludes halogenated alkanes) is 3. The van der Waals surface area contributed by atoms with Crippen LogP contribution in [0.15, 0.2) is 0 Å². The molecular formula is C13H29OSi. The van der Waals surface area contributed by atoms with Gasteiger partial charge in [0.15, 0.2) is 0 Å². The Balaban J connectivity index is 4.16. The summed E-state index contributed by atoms with van der Waals surface area (Å²) in [5, 5.41) is 11.5. The molecule has 91 valence electrons. The highest BCUT2D eigenvalue weighted by Gasteiger charge is 2.30. The van der Waals surface area contributed by atoms with Crippen LogP contribution in [0.4, 0.5) is 0 Å². The van der Waals surface area contributed by atoms with Crippen LogP contribution in [0.1, 0.15) is 59.3 Å². The van der Waals surface area contributed by atoms with Crippen molar-refractivity contribution in [3.05, 3.63) is 0 Å². The van der Waals surface area contributed by atoms with E-state index in [1.807, 2.05) is 0 Å². The van der Waals surface area contributed by atoms with Gasteiger partial charge in [-0.15, -0.1) is 0 Å². The quantitative estimate of drug-likeness (QED) is 0.479. The van der Waals surface area contributed by atoms with Crippen LogP contribution in [0.2, 0.25) is 18.1 Å². The SMILES string of the molecule is CCCC[Si](C[O])(CCCC)CCCC. The summed E-state index contributed by atoms with van der Waals surface area (Å²) in [4.78, 5) is 0. The van der Waals surface area contributed by atoms with Crippen molar-refractivity contribution in [3.63, 3.8) is 0 Å². The molecule has 0 aromatic rings. The van der Waals surface area contributed by atoms with Crippen molar-refractivity contribution in [2.75, 3.05) is 6.23 Å². The molecule has 0 fully saturated rings. The third-order valence-corrected chi connectivity index (χ3v) is 8.34. The second-order valence-corrected chi connectivity index (χ2v) is 9.74. The molecule has 0 aliphatic rings. The first-order valence-corrected chi connectivity index (χ1v) is 9.65. The molecule has 0 saturated carbocycles. The lowest BCUT2D eigenvalue weighted by Crippen LogP contribution is -2.38. The smallest absolute Gasteiger partial charge is 0.0879 e. The summed E-state index contributed by atoms with van der Waals surface area (Å²) < 4.78 is 0. The van der Waals surface area contributed by atoms with Crippen molar-refractivity contribution < 1.29 is 5.11 Å². The van der Waals surface area contributed by atoms with Crippen LogP contribution >= 0.6 is 0 Å². The lowest BCUT2D eigenvalue weighted by molar-refractivity contribution is 0.243. The third-order valence-electron chi connectivity index (χ3n) is 3.49. The highest BCUT2D eigenvalue weighted by Crippen LogP contribution is 2.27. The predicted octanol–water partition coefficient (Wildman–Crippen LogP) is 4.81. The minimum atomic E-state index is -1.39. The van der Waals surface area contributed by atoms with Gasteiger partial charge in [0.05, 0.1) is 14.3 Å². The van der Waals surface area contributed by atoms with E-state index in [4.69, 9.17) is 0 Å². The van der Waals surface area contributed by atoms with Gasteiger partial charge in [0.1, 0.15) is 0 Å². The molecule has 0 atom stereocenters. The first-order chi connectivity index (χ1) is 7.24. The molecule has 2 heteroatoms. The molecule has 0 bridgehead atoms. The van der Waals surface area contributed by atoms with Gasteiger partial charge in [-0.25, -0.2) is 5.11 Å². The van der Waals surface area contributed by atoms with E-state index in [1.54, 1.807) is 0 Å². The van der Waals surface area contributed by atoms with Gasteiger partial charge in [0.25, 0.3) is 0 Å². The van der Waals surface area contributed by atoms with Gasteiger partial charge in [0, 0.05) is 0 Å². The molecule has 0 aromatic heterocycles. The Hall–Kier alpha value is 0.177. The van der Waals surface area contributed by atoms with E-state index in [0.717, 1.165) is 0 Å². The average molecular weight is 229 g/mol. The van der Waals surface area contributed by atoms with E-state index in [1.165, 1.54) is 56.7 Å². The molecule has 0 heterocycles. The monoisotopic (exact) mass is 229 g/mol. The maximum atomic E-state index is 11.5. The Labute approximate surface area is 97.3 Å². The first-order valence-electron chi connectivity index (χ1n) is 6.82. The zero-order valence-electron chi connectivity index (χ0n) is 11.0. The van der Waals surface area contributed by atoms with Crippen molar-refractivity contribution in [1.29, 1.82) is 0 Å². The minimum Gasteiger partial charge on any atom is -0.241 e. The summed E-state index contributed by atoms with van der Waals surface area (Å²) in [6, 6.07) is 3.90. The number of rotatable bonds is 10. The summed E-state index contributed by atoms with van der Waals surface area (Å²) >= 11 is 0. The maximum Gasteiger partial charge on any atom is 0.0879 e. The average Bonchev–Trinajstić information content (AvgIpc) is 2.29. The van der Waals surface area contributed by atoms with Crippen LogP contribution in [0.3, 0.4) is 0 Å². The molecule has 0 N–H and O–H groups in total. The Bertz CT molecular complexity index is 115. The van der Waals surface area contributed by atoms with E-state index in [-0.39, 0.29) is 6.23 Å². The standard InChI is InChI=1S/C13H29OSi/c1-4-7-10-15(13-14,11-8-5-2)12-9-6-3/h4-13H2,1-3H3. The van der Waals surface area contributed by atoms with Crippen molar-refractivity contribution in [2.45, 2.75) is 77.4 Å². The van der Waals surface area contributed by atoms with Crippen LogP contribution in [0.5, 0.6) is 0 Å². The summed E-state index contributed by atoms with van der Waals surface area (Å²) in [6.07, 6.45) is 7.94. The van der Waals surface area contributed by atoms with Gasteiger partial charge in [-0.3, -0.25) is 0 Å². The Morgan fingerprint density at radius 2 is 1.07 bits per heavy atom. The van der Waals surface area contributed by atoms with E-state index >= 15 is 0 Å². The Morgan fingerprint density at radius 3 is 1.27 bits per heavy atom. The zero-order valence-corrected chi connectivity index (χ0v) is 12.0. The second-order valence-electron chi connectivity index (χ2n) is 4.95. The zero-order chi connectivity index (χ0) is 11.6. The fraction of sp³-hybridized carbons (Fsp3) is 1.00. The van der Waals surface area contributed by atoms with Crippen LogP contribution in [-0.2, 0) is 5.11 Å². The van der Waals surface area contributed by atoms with Crippen LogP contribution in [0, 0.1) is 0 Å². The fourth-order valence-corrected chi connectivity index (χ4v) is 6.74. The van der Waals surface area contributed by atoms with E-state index in [2.05, 4.69) is 20.8 Å². The molecule has 0 aliphatic carbocycles. The first kappa shape index (κ1) is 15.2. The van der Waals surface area contributed by atoms with Gasteiger partial charge >= 0.3 is 0 Å². The summed E-state index contributed by atoms with van der Waals surface area (Å²) in [7, 11) is -1.39. The van der Waals surface area contributed by atoms with Crippen LogP contribution in [0.25, 0.3) is 0 Å². The van der Waals surface area contributed by atoms with Gasteiger partial charge in [-0.1, -0.05) is 77.4 Å². The van der Waals surface area contributed by atoms with Gasteiger partial charge < -0.3 is 0 Å². The largest absolute Gasteiger partial charge is 0.241 e. The van der Waals surface area contributed by atoms with E-state index in [0.29, 0.717) is 0 Å². The molecule has 0 amide bonds. The molecule has 1 nitrogen and oxygen atoms in total. The lowest BCUT2D eigenvalue weighted by atomic mass is 10.4. The Kier molecular flexibility index (Phi) is 9.52. The fourth-order valence-electron chi connectivity index (χ4n) is 2.25. The molecule has 0 aliphatic heterocycles. The maximum absolute atomic E-state index is 11.5. The van der Waals surface area contributed by atoms with Crippen molar-refractivity contribution in [3.8, 4) is 0 Å². The van der Waals surface area contributed by atoms with E-state index in [9.17, 15) is 5.11 Å². The number of hydrogen-bond donors (Lipinski definition) is 0. The lowest BCUT2D eigenvalue weighted by Gasteiger charge is -2.28.